The highest BCUT2D eigenvalue weighted by Crippen LogP contribution is 2.01. The van der Waals surface area contributed by atoms with Crippen molar-refractivity contribution in [3.63, 3.8) is 0 Å². The quantitative estimate of drug-likeness (QED) is 0.539. The van der Waals surface area contributed by atoms with Crippen LogP contribution in [0.3, 0.4) is 0 Å². The fourth-order valence-electron chi connectivity index (χ4n) is 0.947. The number of ether oxygens (including phenoxy) is 1. The second-order valence-electron chi connectivity index (χ2n) is 3.15. The summed E-state index contributed by atoms with van der Waals surface area (Å²) in [4.78, 5) is 11.1. The highest BCUT2D eigenvalue weighted by atomic mass is 16.5. The van der Waals surface area contributed by atoms with Crippen molar-refractivity contribution in [3.05, 3.63) is 42.0 Å². The fourth-order valence-corrected chi connectivity index (χ4v) is 0.947. The molecule has 2 heteroatoms. The van der Waals surface area contributed by atoms with Crippen LogP contribution in [0, 0.1) is 6.07 Å². The lowest BCUT2D eigenvalue weighted by molar-refractivity contribution is -0.141. The van der Waals surface area contributed by atoms with Gasteiger partial charge in [0.15, 0.2) is 0 Å². The van der Waals surface area contributed by atoms with E-state index < -0.39 is 0 Å². The van der Waals surface area contributed by atoms with Crippen molar-refractivity contribution in [1.29, 1.82) is 0 Å². The number of hydrogen-bond acceptors (Lipinski definition) is 2. The molecular weight excluding hydrogens is 176 g/mol. The zero-order valence-electron chi connectivity index (χ0n) is 8.36. The molecule has 2 nitrogen and oxygen atoms in total. The van der Waals surface area contributed by atoms with Crippen LogP contribution in [-0.4, -0.2) is 12.1 Å². The minimum Gasteiger partial charge on any atom is -0.460 e. The third kappa shape index (κ3) is 3.90. The number of carbonyl (C=O) groups is 1. The molecule has 0 saturated carbocycles. The Morgan fingerprint density at radius 3 is 2.64 bits per heavy atom. The molecule has 1 aromatic rings. The molecule has 0 saturated heterocycles. The van der Waals surface area contributed by atoms with Gasteiger partial charge in [-0.15, -0.1) is 0 Å². The fraction of sp³-hybridized carbons (Fsp3) is 0.250. The molecule has 0 aliphatic carbocycles. The predicted molar refractivity (Wildman–Crippen MR) is 55.5 cm³/mol. The first-order valence-corrected chi connectivity index (χ1v) is 4.53. The molecule has 1 aromatic carbocycles. The van der Waals surface area contributed by atoms with E-state index in [4.69, 9.17) is 4.74 Å². The summed E-state index contributed by atoms with van der Waals surface area (Å²) in [5.41, 5.74) is 0.962. The van der Waals surface area contributed by atoms with E-state index in [0.717, 1.165) is 5.56 Å². The monoisotopic (exact) mass is 189 g/mol. The summed E-state index contributed by atoms with van der Waals surface area (Å²) in [7, 11) is 0. The average molecular weight is 189 g/mol. The smallest absolute Gasteiger partial charge is 0.331 e. The molecule has 0 aromatic heterocycles. The van der Waals surface area contributed by atoms with Gasteiger partial charge in [0.2, 0.25) is 0 Å². The molecule has 1 rings (SSSR count). The first kappa shape index (κ1) is 10.5. The first-order chi connectivity index (χ1) is 6.68. The molecular formula is C12H13O2. The average Bonchev–Trinajstić information content (AvgIpc) is 2.15. The Morgan fingerprint density at radius 1 is 1.43 bits per heavy atom. The van der Waals surface area contributed by atoms with E-state index in [-0.39, 0.29) is 12.1 Å². The highest BCUT2D eigenvalue weighted by molar-refractivity contribution is 5.87. The van der Waals surface area contributed by atoms with E-state index in [1.54, 1.807) is 18.2 Å². The molecule has 73 valence electrons. The third-order valence-electron chi connectivity index (χ3n) is 1.51. The molecule has 0 unspecified atom stereocenters. The normalized spacial score (nSPS) is 10.8. The van der Waals surface area contributed by atoms with E-state index in [1.165, 1.54) is 6.08 Å². The molecule has 0 atom stereocenters. The minimum atomic E-state index is -0.312. The summed E-state index contributed by atoms with van der Waals surface area (Å²) in [6, 6.07) is 10.2. The second kappa shape index (κ2) is 5.22. The van der Waals surface area contributed by atoms with E-state index >= 15 is 0 Å². The largest absolute Gasteiger partial charge is 0.460 e. The van der Waals surface area contributed by atoms with E-state index in [9.17, 15) is 4.79 Å². The van der Waals surface area contributed by atoms with Crippen LogP contribution in [0.25, 0.3) is 6.08 Å². The van der Waals surface area contributed by atoms with Crippen molar-refractivity contribution in [2.75, 3.05) is 0 Å². The topological polar surface area (TPSA) is 26.3 Å². The molecule has 0 N–H and O–H groups in total. The first-order valence-electron chi connectivity index (χ1n) is 4.53. The van der Waals surface area contributed by atoms with Crippen molar-refractivity contribution in [2.45, 2.75) is 20.0 Å². The Kier molecular flexibility index (Phi) is 3.92. The van der Waals surface area contributed by atoms with Gasteiger partial charge in [-0.1, -0.05) is 24.3 Å². The zero-order valence-corrected chi connectivity index (χ0v) is 8.36. The van der Waals surface area contributed by atoms with Gasteiger partial charge >= 0.3 is 5.97 Å². The molecule has 0 aliphatic rings. The maximum atomic E-state index is 11.1. The summed E-state index contributed by atoms with van der Waals surface area (Å²) in [6.07, 6.45) is 3.07. The van der Waals surface area contributed by atoms with Crippen molar-refractivity contribution in [1.82, 2.24) is 0 Å². The lowest BCUT2D eigenvalue weighted by Crippen LogP contribution is -2.08. The Labute approximate surface area is 84.2 Å². The van der Waals surface area contributed by atoms with E-state index in [1.807, 2.05) is 26.0 Å². The standard InChI is InChI=1S/C12H13O2/c1-10(2)14-12(13)9-8-11-6-4-3-5-7-11/h4-10H,1-2H3/b9-8+. The molecule has 0 aliphatic heterocycles. The SMILES string of the molecule is CC(C)OC(=O)/C=C/c1cc[c]cc1. The van der Waals surface area contributed by atoms with Gasteiger partial charge in [0.05, 0.1) is 6.10 Å². The molecule has 0 amide bonds. The van der Waals surface area contributed by atoms with Gasteiger partial charge < -0.3 is 4.74 Å². The summed E-state index contributed by atoms with van der Waals surface area (Å²) in [6.45, 7) is 3.65. The summed E-state index contributed by atoms with van der Waals surface area (Å²) < 4.78 is 4.94. The minimum absolute atomic E-state index is 0.0729. The van der Waals surface area contributed by atoms with E-state index in [2.05, 4.69) is 6.07 Å². The van der Waals surface area contributed by atoms with Crippen LogP contribution in [0.15, 0.2) is 30.3 Å². The van der Waals surface area contributed by atoms with Crippen LogP contribution in [0.5, 0.6) is 0 Å². The van der Waals surface area contributed by atoms with Crippen molar-refractivity contribution < 1.29 is 9.53 Å². The van der Waals surface area contributed by atoms with Gasteiger partial charge in [0, 0.05) is 6.08 Å². The van der Waals surface area contributed by atoms with Gasteiger partial charge in [-0.05, 0) is 31.6 Å². The lowest BCUT2D eigenvalue weighted by Gasteiger charge is -2.03. The second-order valence-corrected chi connectivity index (χ2v) is 3.15. The van der Waals surface area contributed by atoms with Crippen LogP contribution in [0.2, 0.25) is 0 Å². The van der Waals surface area contributed by atoms with Crippen molar-refractivity contribution in [2.24, 2.45) is 0 Å². The third-order valence-corrected chi connectivity index (χ3v) is 1.51. The van der Waals surface area contributed by atoms with Gasteiger partial charge in [-0.25, -0.2) is 4.79 Å². The van der Waals surface area contributed by atoms with Crippen molar-refractivity contribution in [3.8, 4) is 0 Å². The molecule has 14 heavy (non-hydrogen) atoms. The predicted octanol–water partition coefficient (Wildman–Crippen LogP) is 2.45. The van der Waals surface area contributed by atoms with Gasteiger partial charge in [-0.2, -0.15) is 0 Å². The summed E-state index contributed by atoms with van der Waals surface area (Å²) in [5.74, 6) is -0.312. The maximum Gasteiger partial charge on any atom is 0.331 e. The van der Waals surface area contributed by atoms with Crippen LogP contribution >= 0.6 is 0 Å². The number of benzene rings is 1. The van der Waals surface area contributed by atoms with Crippen LogP contribution in [-0.2, 0) is 9.53 Å². The van der Waals surface area contributed by atoms with Crippen LogP contribution in [0.1, 0.15) is 19.4 Å². The Hall–Kier alpha value is -1.57. The zero-order chi connectivity index (χ0) is 10.4. The molecule has 0 spiro atoms. The maximum absolute atomic E-state index is 11.1. The van der Waals surface area contributed by atoms with E-state index in [0.29, 0.717) is 0 Å². The van der Waals surface area contributed by atoms with Gasteiger partial charge in [0.25, 0.3) is 0 Å². The summed E-state index contributed by atoms with van der Waals surface area (Å²) in [5, 5.41) is 0. The van der Waals surface area contributed by atoms with Crippen LogP contribution < -0.4 is 0 Å². The van der Waals surface area contributed by atoms with Crippen molar-refractivity contribution >= 4 is 12.0 Å². The van der Waals surface area contributed by atoms with Gasteiger partial charge in [0.1, 0.15) is 0 Å². The van der Waals surface area contributed by atoms with Crippen LogP contribution in [0.4, 0.5) is 0 Å². The highest BCUT2D eigenvalue weighted by Gasteiger charge is 1.98. The Bertz CT molecular complexity index is 312. The molecule has 0 fully saturated rings. The molecule has 1 radical (unpaired) electrons. The number of hydrogen-bond donors (Lipinski definition) is 0. The Morgan fingerprint density at radius 2 is 2.07 bits per heavy atom. The van der Waals surface area contributed by atoms with Gasteiger partial charge in [-0.3, -0.25) is 0 Å². The lowest BCUT2D eigenvalue weighted by atomic mass is 10.2. The number of rotatable bonds is 3. The number of carbonyl (C=O) groups excluding carboxylic acids is 1. The number of esters is 1. The summed E-state index contributed by atoms with van der Waals surface area (Å²) >= 11 is 0. The Balaban J connectivity index is 2.52. The molecule has 0 heterocycles. The molecule has 0 bridgehead atoms.